The van der Waals surface area contributed by atoms with Crippen LogP contribution in [0.2, 0.25) is 10.0 Å². The Bertz CT molecular complexity index is 792. The Balaban J connectivity index is 2.05. The average molecular weight is 416 g/mol. The Morgan fingerprint density at radius 2 is 1.85 bits per heavy atom. The standard InChI is InChI=1S/C15H8Cl2INO/c16-11-3-1-2-4-14(11)20-9-5-6-13-10(7-9)15(17)12(18)8-19-13/h1-8H. The molecule has 0 aliphatic rings. The zero-order chi connectivity index (χ0) is 14.1. The molecule has 0 aliphatic carbocycles. The van der Waals surface area contributed by atoms with E-state index in [-0.39, 0.29) is 0 Å². The van der Waals surface area contributed by atoms with Crippen molar-refractivity contribution in [1.29, 1.82) is 0 Å². The topological polar surface area (TPSA) is 22.1 Å². The van der Waals surface area contributed by atoms with Gasteiger partial charge >= 0.3 is 0 Å². The van der Waals surface area contributed by atoms with Gasteiger partial charge in [-0.05, 0) is 52.9 Å². The smallest absolute Gasteiger partial charge is 0.146 e. The molecule has 3 aromatic rings. The van der Waals surface area contributed by atoms with Crippen molar-refractivity contribution in [2.45, 2.75) is 0 Å². The number of benzene rings is 2. The Labute approximate surface area is 139 Å². The van der Waals surface area contributed by atoms with Crippen molar-refractivity contribution in [2.75, 3.05) is 0 Å². The lowest BCUT2D eigenvalue weighted by molar-refractivity contribution is 0.483. The van der Waals surface area contributed by atoms with Gasteiger partial charge in [-0.3, -0.25) is 4.98 Å². The number of aromatic nitrogens is 1. The van der Waals surface area contributed by atoms with Gasteiger partial charge < -0.3 is 4.74 Å². The maximum absolute atomic E-state index is 6.30. The first-order valence-corrected chi connectivity index (χ1v) is 7.65. The van der Waals surface area contributed by atoms with Crippen LogP contribution in [0.5, 0.6) is 11.5 Å². The van der Waals surface area contributed by atoms with Gasteiger partial charge in [0.15, 0.2) is 0 Å². The van der Waals surface area contributed by atoms with E-state index in [1.54, 1.807) is 12.3 Å². The van der Waals surface area contributed by atoms with Crippen LogP contribution in [0.1, 0.15) is 0 Å². The van der Waals surface area contributed by atoms with Gasteiger partial charge in [-0.25, -0.2) is 0 Å². The van der Waals surface area contributed by atoms with Crippen molar-refractivity contribution < 1.29 is 4.74 Å². The number of halogens is 3. The number of rotatable bonds is 2. The zero-order valence-electron chi connectivity index (χ0n) is 10.1. The fourth-order valence-electron chi connectivity index (χ4n) is 1.83. The second-order valence-electron chi connectivity index (χ2n) is 4.13. The molecule has 0 atom stereocenters. The van der Waals surface area contributed by atoms with Crippen molar-refractivity contribution in [1.82, 2.24) is 4.98 Å². The number of para-hydroxylation sites is 1. The highest BCUT2D eigenvalue weighted by atomic mass is 127. The highest BCUT2D eigenvalue weighted by Gasteiger charge is 2.08. The molecule has 0 amide bonds. The summed E-state index contributed by atoms with van der Waals surface area (Å²) in [6, 6.07) is 12.9. The summed E-state index contributed by atoms with van der Waals surface area (Å²) in [6.45, 7) is 0. The molecule has 3 rings (SSSR count). The number of nitrogens with zero attached hydrogens (tertiary/aromatic N) is 1. The molecule has 0 unspecified atom stereocenters. The molecule has 0 fully saturated rings. The summed E-state index contributed by atoms with van der Waals surface area (Å²) in [5, 5.41) is 2.11. The number of hydrogen-bond acceptors (Lipinski definition) is 2. The van der Waals surface area contributed by atoms with Crippen LogP contribution in [-0.2, 0) is 0 Å². The number of pyridine rings is 1. The fraction of sp³-hybridized carbons (Fsp3) is 0. The van der Waals surface area contributed by atoms with Gasteiger partial charge in [0.1, 0.15) is 11.5 Å². The van der Waals surface area contributed by atoms with Gasteiger partial charge in [-0.1, -0.05) is 35.3 Å². The molecule has 100 valence electrons. The summed E-state index contributed by atoms with van der Waals surface area (Å²) >= 11 is 14.5. The first-order valence-electron chi connectivity index (χ1n) is 5.81. The molecule has 0 spiro atoms. The zero-order valence-corrected chi connectivity index (χ0v) is 13.8. The first-order chi connectivity index (χ1) is 9.65. The summed E-state index contributed by atoms with van der Waals surface area (Å²) in [5.74, 6) is 1.29. The predicted molar refractivity (Wildman–Crippen MR) is 91.0 cm³/mol. The second kappa shape index (κ2) is 5.76. The Hall–Kier alpha value is -1.04. The summed E-state index contributed by atoms with van der Waals surface area (Å²) < 4.78 is 6.70. The average Bonchev–Trinajstić information content (AvgIpc) is 2.46. The van der Waals surface area contributed by atoms with Crippen molar-refractivity contribution in [3.8, 4) is 11.5 Å². The van der Waals surface area contributed by atoms with E-state index in [0.717, 1.165) is 14.5 Å². The molecule has 0 saturated heterocycles. The molecular formula is C15H8Cl2INO. The third-order valence-electron chi connectivity index (χ3n) is 2.80. The minimum absolute atomic E-state index is 0.569. The maximum Gasteiger partial charge on any atom is 0.146 e. The van der Waals surface area contributed by atoms with Gasteiger partial charge in [-0.15, -0.1) is 0 Å². The molecule has 0 bridgehead atoms. The Morgan fingerprint density at radius 3 is 2.65 bits per heavy atom. The molecule has 5 heteroatoms. The lowest BCUT2D eigenvalue weighted by Crippen LogP contribution is -1.88. The molecule has 0 saturated carbocycles. The van der Waals surface area contributed by atoms with Crippen LogP contribution in [0.15, 0.2) is 48.7 Å². The largest absolute Gasteiger partial charge is 0.456 e. The van der Waals surface area contributed by atoms with E-state index in [4.69, 9.17) is 27.9 Å². The Morgan fingerprint density at radius 1 is 1.05 bits per heavy atom. The molecule has 2 aromatic carbocycles. The van der Waals surface area contributed by atoms with E-state index in [1.165, 1.54) is 0 Å². The lowest BCUT2D eigenvalue weighted by atomic mass is 10.2. The van der Waals surface area contributed by atoms with Crippen LogP contribution in [-0.4, -0.2) is 4.98 Å². The Kier molecular flexibility index (Phi) is 4.01. The molecule has 0 N–H and O–H groups in total. The molecule has 1 heterocycles. The van der Waals surface area contributed by atoms with Gasteiger partial charge in [-0.2, -0.15) is 0 Å². The summed E-state index contributed by atoms with van der Waals surface area (Å²) in [6.07, 6.45) is 1.75. The number of ether oxygens (including phenoxy) is 1. The van der Waals surface area contributed by atoms with Crippen molar-refractivity contribution >= 4 is 56.7 Å². The highest BCUT2D eigenvalue weighted by Crippen LogP contribution is 2.33. The van der Waals surface area contributed by atoms with E-state index >= 15 is 0 Å². The summed E-state index contributed by atoms with van der Waals surface area (Å²) in [7, 11) is 0. The minimum atomic E-state index is 0.569. The van der Waals surface area contributed by atoms with E-state index in [1.807, 2.05) is 36.4 Å². The first kappa shape index (κ1) is 13.9. The van der Waals surface area contributed by atoms with Crippen LogP contribution < -0.4 is 4.74 Å². The number of fused-ring (bicyclic) bond motifs is 1. The fourth-order valence-corrected chi connectivity index (χ4v) is 2.64. The van der Waals surface area contributed by atoms with Gasteiger partial charge in [0, 0.05) is 11.6 Å². The third kappa shape index (κ3) is 2.71. The normalized spacial score (nSPS) is 10.8. The van der Waals surface area contributed by atoms with E-state index < -0.39 is 0 Å². The summed E-state index contributed by atoms with van der Waals surface area (Å²) in [5.41, 5.74) is 0.835. The second-order valence-corrected chi connectivity index (χ2v) is 6.08. The highest BCUT2D eigenvalue weighted by molar-refractivity contribution is 14.1. The SMILES string of the molecule is Clc1ccccc1Oc1ccc2ncc(I)c(Cl)c2c1. The predicted octanol–water partition coefficient (Wildman–Crippen LogP) is 5.94. The minimum Gasteiger partial charge on any atom is -0.456 e. The van der Waals surface area contributed by atoms with E-state index in [0.29, 0.717) is 21.5 Å². The van der Waals surface area contributed by atoms with Crippen molar-refractivity contribution in [3.05, 3.63) is 62.3 Å². The number of hydrogen-bond donors (Lipinski definition) is 0. The molecule has 0 radical (unpaired) electrons. The van der Waals surface area contributed by atoms with Crippen LogP contribution in [0, 0.1) is 3.57 Å². The van der Waals surface area contributed by atoms with Crippen LogP contribution in [0.3, 0.4) is 0 Å². The van der Waals surface area contributed by atoms with Gasteiger partial charge in [0.25, 0.3) is 0 Å². The third-order valence-corrected chi connectivity index (χ3v) is 4.65. The molecule has 0 aliphatic heterocycles. The molecular weight excluding hydrogens is 408 g/mol. The lowest BCUT2D eigenvalue weighted by Gasteiger charge is -2.09. The van der Waals surface area contributed by atoms with E-state index in [2.05, 4.69) is 27.6 Å². The van der Waals surface area contributed by atoms with Gasteiger partial charge in [0.05, 0.1) is 19.1 Å². The van der Waals surface area contributed by atoms with Crippen LogP contribution in [0.4, 0.5) is 0 Å². The summed E-state index contributed by atoms with van der Waals surface area (Å²) in [4.78, 5) is 4.33. The molecule has 2 nitrogen and oxygen atoms in total. The maximum atomic E-state index is 6.30. The van der Waals surface area contributed by atoms with E-state index in [9.17, 15) is 0 Å². The van der Waals surface area contributed by atoms with Crippen LogP contribution >= 0.6 is 45.8 Å². The molecule has 1 aromatic heterocycles. The van der Waals surface area contributed by atoms with Crippen molar-refractivity contribution in [3.63, 3.8) is 0 Å². The molecule has 20 heavy (non-hydrogen) atoms. The van der Waals surface area contributed by atoms with Crippen LogP contribution in [0.25, 0.3) is 10.9 Å². The van der Waals surface area contributed by atoms with Crippen molar-refractivity contribution in [2.24, 2.45) is 0 Å². The van der Waals surface area contributed by atoms with Gasteiger partial charge in [0.2, 0.25) is 0 Å². The monoisotopic (exact) mass is 415 g/mol. The quantitative estimate of drug-likeness (QED) is 0.483.